The number of H-pyrrole nitrogens is 1. The summed E-state index contributed by atoms with van der Waals surface area (Å²) in [6.45, 7) is -2.99. The Morgan fingerprint density at radius 2 is 1.92 bits per heavy atom. The number of amides is 1. The van der Waals surface area contributed by atoms with Gasteiger partial charge in [0.2, 0.25) is 0 Å². The Morgan fingerprint density at radius 1 is 1.19 bits per heavy atom. The molecule has 2 aromatic carbocycles. The summed E-state index contributed by atoms with van der Waals surface area (Å²) in [7, 11) is 0. The minimum Gasteiger partial charge on any atom is -0.434 e. The molecule has 0 saturated heterocycles. The third-order valence-electron chi connectivity index (χ3n) is 3.50. The van der Waals surface area contributed by atoms with E-state index in [1.54, 1.807) is 24.3 Å². The van der Waals surface area contributed by atoms with Crippen LogP contribution in [0.2, 0.25) is 0 Å². The van der Waals surface area contributed by atoms with Crippen molar-refractivity contribution in [1.82, 2.24) is 20.5 Å². The van der Waals surface area contributed by atoms with Crippen LogP contribution in [0.4, 0.5) is 14.5 Å². The number of aromatic nitrogens is 3. The van der Waals surface area contributed by atoms with Crippen LogP contribution in [0.15, 0.2) is 48.5 Å². The van der Waals surface area contributed by atoms with Crippen LogP contribution in [0.5, 0.6) is 5.75 Å². The Balaban J connectivity index is 1.69. The van der Waals surface area contributed by atoms with Crippen molar-refractivity contribution in [2.75, 3.05) is 5.73 Å². The van der Waals surface area contributed by atoms with E-state index in [0.29, 0.717) is 22.9 Å². The first-order valence-electron chi connectivity index (χ1n) is 7.63. The first-order valence-corrected chi connectivity index (χ1v) is 7.63. The van der Waals surface area contributed by atoms with Gasteiger partial charge in [-0.2, -0.15) is 13.9 Å². The molecule has 26 heavy (non-hydrogen) atoms. The zero-order valence-electron chi connectivity index (χ0n) is 13.4. The van der Waals surface area contributed by atoms with E-state index >= 15 is 0 Å². The minimum absolute atomic E-state index is 0.000146. The molecule has 4 N–H and O–H groups in total. The fraction of sp³-hybridized carbons (Fsp3) is 0.118. The number of ether oxygens (including phenoxy) is 1. The summed E-state index contributed by atoms with van der Waals surface area (Å²) in [6, 6.07) is 12.9. The molecule has 1 aromatic heterocycles. The Kier molecular flexibility index (Phi) is 5.07. The molecule has 0 aliphatic heterocycles. The predicted molar refractivity (Wildman–Crippen MR) is 90.5 cm³/mol. The van der Waals surface area contributed by atoms with Crippen molar-refractivity contribution in [3.8, 4) is 17.1 Å². The molecule has 9 heteroatoms. The lowest BCUT2D eigenvalue weighted by molar-refractivity contribution is -0.0501. The van der Waals surface area contributed by atoms with E-state index in [0.717, 1.165) is 0 Å². The van der Waals surface area contributed by atoms with E-state index in [1.165, 1.54) is 18.2 Å². The Morgan fingerprint density at radius 3 is 2.69 bits per heavy atom. The average molecular weight is 359 g/mol. The number of carbonyl (C=O) groups excluding carboxylic acids is 1. The number of benzene rings is 2. The SMILES string of the molecule is Nc1ccccc1-c1n[nH]c(CNC(=O)c2ccccc2OC(F)F)n1. The van der Waals surface area contributed by atoms with Crippen LogP contribution in [-0.4, -0.2) is 27.7 Å². The van der Waals surface area contributed by atoms with Gasteiger partial charge in [0.25, 0.3) is 5.91 Å². The molecule has 0 atom stereocenters. The number of hydrogen-bond acceptors (Lipinski definition) is 5. The molecule has 1 heterocycles. The molecule has 0 fully saturated rings. The quantitative estimate of drug-likeness (QED) is 0.587. The number of para-hydroxylation sites is 2. The van der Waals surface area contributed by atoms with Crippen molar-refractivity contribution in [2.24, 2.45) is 0 Å². The molecule has 0 radical (unpaired) electrons. The van der Waals surface area contributed by atoms with Crippen LogP contribution in [0, 0.1) is 0 Å². The zero-order valence-corrected chi connectivity index (χ0v) is 13.4. The van der Waals surface area contributed by atoms with Gasteiger partial charge in [0, 0.05) is 11.3 Å². The van der Waals surface area contributed by atoms with E-state index in [-0.39, 0.29) is 17.9 Å². The highest BCUT2D eigenvalue weighted by Gasteiger charge is 2.16. The van der Waals surface area contributed by atoms with E-state index < -0.39 is 12.5 Å². The van der Waals surface area contributed by atoms with Gasteiger partial charge < -0.3 is 15.8 Å². The molecule has 0 aliphatic carbocycles. The van der Waals surface area contributed by atoms with Gasteiger partial charge in [-0.3, -0.25) is 9.89 Å². The van der Waals surface area contributed by atoms with Gasteiger partial charge in [0.05, 0.1) is 12.1 Å². The first kappa shape index (κ1) is 17.3. The summed E-state index contributed by atoms with van der Waals surface area (Å²) < 4.78 is 29.2. The maximum absolute atomic E-state index is 12.4. The maximum Gasteiger partial charge on any atom is 0.387 e. The largest absolute Gasteiger partial charge is 0.434 e. The lowest BCUT2D eigenvalue weighted by Crippen LogP contribution is -2.24. The van der Waals surface area contributed by atoms with Gasteiger partial charge in [-0.05, 0) is 24.3 Å². The molecule has 0 unspecified atom stereocenters. The molecule has 1 amide bonds. The van der Waals surface area contributed by atoms with Crippen LogP contribution in [-0.2, 0) is 6.54 Å². The Bertz CT molecular complexity index is 913. The predicted octanol–water partition coefficient (Wildman–Crippen LogP) is 2.59. The number of aromatic amines is 1. The molecule has 0 aliphatic rings. The normalized spacial score (nSPS) is 10.7. The second-order valence-corrected chi connectivity index (χ2v) is 5.25. The summed E-state index contributed by atoms with van der Waals surface area (Å²) in [6.07, 6.45) is 0. The number of anilines is 1. The lowest BCUT2D eigenvalue weighted by Gasteiger charge is -2.10. The fourth-order valence-electron chi connectivity index (χ4n) is 2.31. The lowest BCUT2D eigenvalue weighted by atomic mass is 10.2. The smallest absolute Gasteiger partial charge is 0.387 e. The number of alkyl halides is 2. The van der Waals surface area contributed by atoms with Gasteiger partial charge in [-0.1, -0.05) is 24.3 Å². The van der Waals surface area contributed by atoms with Crippen LogP contribution in [0.25, 0.3) is 11.4 Å². The van der Waals surface area contributed by atoms with Crippen molar-refractivity contribution in [3.05, 3.63) is 59.9 Å². The Labute approximate surface area is 147 Å². The van der Waals surface area contributed by atoms with Crippen molar-refractivity contribution < 1.29 is 18.3 Å². The number of rotatable bonds is 6. The number of nitrogen functional groups attached to an aromatic ring is 1. The number of halogens is 2. The number of carbonyl (C=O) groups is 1. The molecular formula is C17H15F2N5O2. The minimum atomic E-state index is -3.02. The standard InChI is InChI=1S/C17H15F2N5O2/c18-17(19)26-13-8-4-2-6-11(13)16(25)21-9-14-22-15(24-23-14)10-5-1-3-7-12(10)20/h1-8,17H,9,20H2,(H,21,25)(H,22,23,24). The summed E-state index contributed by atoms with van der Waals surface area (Å²) in [5, 5.41) is 9.35. The topological polar surface area (TPSA) is 106 Å². The van der Waals surface area contributed by atoms with Gasteiger partial charge in [0.1, 0.15) is 11.6 Å². The monoisotopic (exact) mass is 359 g/mol. The molecule has 7 nitrogen and oxygen atoms in total. The van der Waals surface area contributed by atoms with Crippen molar-refractivity contribution in [3.63, 3.8) is 0 Å². The fourth-order valence-corrected chi connectivity index (χ4v) is 2.31. The van der Waals surface area contributed by atoms with Crippen LogP contribution in [0.1, 0.15) is 16.2 Å². The van der Waals surface area contributed by atoms with Crippen LogP contribution < -0.4 is 15.8 Å². The van der Waals surface area contributed by atoms with Crippen LogP contribution in [0.3, 0.4) is 0 Å². The second-order valence-electron chi connectivity index (χ2n) is 5.25. The highest BCUT2D eigenvalue weighted by atomic mass is 19.3. The molecular weight excluding hydrogens is 344 g/mol. The molecule has 134 valence electrons. The maximum atomic E-state index is 12.4. The summed E-state index contributed by atoms with van der Waals surface area (Å²) in [5.74, 6) is 0.0198. The van der Waals surface area contributed by atoms with E-state index in [9.17, 15) is 13.6 Å². The third kappa shape index (κ3) is 3.94. The number of nitrogens with two attached hydrogens (primary N) is 1. The molecule has 0 bridgehead atoms. The third-order valence-corrected chi connectivity index (χ3v) is 3.50. The number of nitrogens with one attached hydrogen (secondary N) is 2. The van der Waals surface area contributed by atoms with Gasteiger partial charge in [0.15, 0.2) is 5.82 Å². The number of nitrogens with zero attached hydrogens (tertiary/aromatic N) is 2. The zero-order chi connectivity index (χ0) is 18.5. The van der Waals surface area contributed by atoms with E-state index in [4.69, 9.17) is 5.73 Å². The van der Waals surface area contributed by atoms with Crippen molar-refractivity contribution >= 4 is 11.6 Å². The number of hydrogen-bond donors (Lipinski definition) is 3. The Hall–Kier alpha value is -3.49. The van der Waals surface area contributed by atoms with E-state index in [1.807, 2.05) is 6.07 Å². The summed E-state index contributed by atoms with van der Waals surface area (Å²) >= 11 is 0. The summed E-state index contributed by atoms with van der Waals surface area (Å²) in [5.41, 5.74) is 7.07. The van der Waals surface area contributed by atoms with Crippen LogP contribution >= 0.6 is 0 Å². The average Bonchev–Trinajstić information content (AvgIpc) is 3.09. The first-order chi connectivity index (χ1) is 12.5. The van der Waals surface area contributed by atoms with Gasteiger partial charge >= 0.3 is 6.61 Å². The molecule has 0 spiro atoms. The van der Waals surface area contributed by atoms with E-state index in [2.05, 4.69) is 25.2 Å². The molecule has 3 aromatic rings. The molecule has 3 rings (SSSR count). The van der Waals surface area contributed by atoms with Crippen molar-refractivity contribution in [2.45, 2.75) is 13.2 Å². The summed E-state index contributed by atoms with van der Waals surface area (Å²) in [4.78, 5) is 16.5. The van der Waals surface area contributed by atoms with Gasteiger partial charge in [-0.25, -0.2) is 4.98 Å². The molecule has 0 saturated carbocycles. The van der Waals surface area contributed by atoms with Crippen molar-refractivity contribution in [1.29, 1.82) is 0 Å². The highest BCUT2D eigenvalue weighted by Crippen LogP contribution is 2.22. The highest BCUT2D eigenvalue weighted by molar-refractivity contribution is 5.96. The van der Waals surface area contributed by atoms with Gasteiger partial charge in [-0.15, -0.1) is 0 Å². The second kappa shape index (κ2) is 7.60.